The fourth-order valence-electron chi connectivity index (χ4n) is 1.34. The highest BCUT2D eigenvalue weighted by Crippen LogP contribution is 2.11. The molecule has 0 N–H and O–H groups in total. The molecule has 0 heterocycles. The summed E-state index contributed by atoms with van der Waals surface area (Å²) in [6.45, 7) is 0.248. The van der Waals surface area contributed by atoms with E-state index < -0.39 is 0 Å². The van der Waals surface area contributed by atoms with Gasteiger partial charge in [0.25, 0.3) is 0 Å². The molecule has 0 unspecified atom stereocenters. The van der Waals surface area contributed by atoms with Gasteiger partial charge in [0.2, 0.25) is 0 Å². The van der Waals surface area contributed by atoms with Crippen molar-refractivity contribution in [2.24, 2.45) is 0 Å². The predicted molar refractivity (Wildman–Crippen MR) is 65.2 cm³/mol. The van der Waals surface area contributed by atoms with Gasteiger partial charge in [-0.25, -0.2) is 4.39 Å². The Morgan fingerprint density at radius 1 is 1.00 bits per heavy atom. The van der Waals surface area contributed by atoms with E-state index in [1.807, 2.05) is 30.3 Å². The molecule has 84 valence electrons. The van der Waals surface area contributed by atoms with Crippen molar-refractivity contribution < 1.29 is 9.13 Å². The average molecular weight is 226 g/mol. The maximum absolute atomic E-state index is 12.8. The third-order valence-electron chi connectivity index (χ3n) is 2.11. The van der Waals surface area contributed by atoms with Gasteiger partial charge in [-0.2, -0.15) is 0 Å². The van der Waals surface area contributed by atoms with Crippen molar-refractivity contribution in [2.75, 3.05) is 6.61 Å². The van der Waals surface area contributed by atoms with Gasteiger partial charge in [-0.05, 0) is 24.3 Å². The Morgan fingerprint density at radius 3 is 2.59 bits per heavy atom. The average Bonchev–Trinajstić information content (AvgIpc) is 2.36. The van der Waals surface area contributed by atoms with Crippen LogP contribution in [0.1, 0.15) is 5.56 Å². The maximum atomic E-state index is 12.8. The summed E-state index contributed by atoms with van der Waals surface area (Å²) < 4.78 is 18.1. The first kappa shape index (κ1) is 11.2. The van der Waals surface area contributed by atoms with Crippen molar-refractivity contribution >= 4 is 0 Å². The Kier molecular flexibility index (Phi) is 3.77. The first-order chi connectivity index (χ1) is 8.34. The molecule has 0 fully saturated rings. The van der Waals surface area contributed by atoms with Crippen LogP contribution in [-0.4, -0.2) is 6.61 Å². The fraction of sp³-hybridized carbons (Fsp3) is 0.0667. The third-order valence-corrected chi connectivity index (χ3v) is 2.11. The second-order valence-corrected chi connectivity index (χ2v) is 3.41. The lowest BCUT2D eigenvalue weighted by atomic mass is 10.2. The number of benzene rings is 2. The molecule has 0 aromatic heterocycles. The molecule has 0 bridgehead atoms. The van der Waals surface area contributed by atoms with Crippen LogP contribution in [-0.2, 0) is 0 Å². The summed E-state index contributed by atoms with van der Waals surface area (Å²) in [7, 11) is 0. The second kappa shape index (κ2) is 5.72. The number of halogens is 1. The highest BCUT2D eigenvalue weighted by molar-refractivity contribution is 5.34. The Morgan fingerprint density at radius 2 is 1.82 bits per heavy atom. The van der Waals surface area contributed by atoms with Gasteiger partial charge < -0.3 is 4.74 Å². The lowest BCUT2D eigenvalue weighted by Crippen LogP contribution is -1.94. The molecule has 17 heavy (non-hydrogen) atoms. The van der Waals surface area contributed by atoms with E-state index in [1.165, 1.54) is 12.1 Å². The molecule has 0 aliphatic carbocycles. The molecule has 0 saturated heterocycles. The standard InChI is InChI=1S/C15H11FO/c16-14-9-4-10-15(12-14)17-11-5-8-13-6-2-1-3-7-13/h1-4,6-7,9-10,12H,11H2. The third kappa shape index (κ3) is 3.66. The van der Waals surface area contributed by atoms with Crippen molar-refractivity contribution in [2.45, 2.75) is 0 Å². The smallest absolute Gasteiger partial charge is 0.149 e. The van der Waals surface area contributed by atoms with Crippen LogP contribution in [0.3, 0.4) is 0 Å². The van der Waals surface area contributed by atoms with Crippen molar-refractivity contribution in [3.8, 4) is 17.6 Å². The van der Waals surface area contributed by atoms with Crippen LogP contribution in [0.2, 0.25) is 0 Å². The van der Waals surface area contributed by atoms with Crippen molar-refractivity contribution in [3.05, 3.63) is 66.0 Å². The number of hydrogen-bond acceptors (Lipinski definition) is 1. The van der Waals surface area contributed by atoms with Crippen molar-refractivity contribution in [3.63, 3.8) is 0 Å². The molecular weight excluding hydrogens is 215 g/mol. The van der Waals surface area contributed by atoms with Crippen molar-refractivity contribution in [1.29, 1.82) is 0 Å². The van der Waals surface area contributed by atoms with Gasteiger partial charge in [0.05, 0.1) is 0 Å². The largest absolute Gasteiger partial charge is 0.481 e. The fourth-order valence-corrected chi connectivity index (χ4v) is 1.34. The van der Waals surface area contributed by atoms with Gasteiger partial charge in [-0.15, -0.1) is 0 Å². The molecule has 2 aromatic rings. The zero-order valence-electron chi connectivity index (χ0n) is 9.19. The minimum absolute atomic E-state index is 0.248. The van der Waals surface area contributed by atoms with Crippen LogP contribution in [0, 0.1) is 17.7 Å². The summed E-state index contributed by atoms with van der Waals surface area (Å²) in [5, 5.41) is 0. The van der Waals surface area contributed by atoms with Gasteiger partial charge in [0.15, 0.2) is 0 Å². The Hall–Kier alpha value is -2.27. The molecule has 0 radical (unpaired) electrons. The minimum atomic E-state index is -0.307. The van der Waals surface area contributed by atoms with E-state index in [1.54, 1.807) is 12.1 Å². The molecule has 1 nitrogen and oxygen atoms in total. The summed E-state index contributed by atoms with van der Waals surface area (Å²) in [5.74, 6) is 6.02. The lowest BCUT2D eigenvalue weighted by Gasteiger charge is -2.00. The number of rotatable bonds is 2. The van der Waals surface area contributed by atoms with Gasteiger partial charge in [-0.3, -0.25) is 0 Å². The van der Waals surface area contributed by atoms with Crippen LogP contribution < -0.4 is 4.74 Å². The Balaban J connectivity index is 1.90. The van der Waals surface area contributed by atoms with E-state index >= 15 is 0 Å². The van der Waals surface area contributed by atoms with Crippen LogP contribution in [0.25, 0.3) is 0 Å². The number of ether oxygens (including phenoxy) is 1. The second-order valence-electron chi connectivity index (χ2n) is 3.41. The van der Waals surface area contributed by atoms with Gasteiger partial charge in [0.1, 0.15) is 18.2 Å². The Bertz CT molecular complexity index is 538. The molecule has 0 amide bonds. The monoisotopic (exact) mass is 226 g/mol. The topological polar surface area (TPSA) is 9.23 Å². The summed E-state index contributed by atoms with van der Waals surface area (Å²) in [6.07, 6.45) is 0. The van der Waals surface area contributed by atoms with E-state index in [9.17, 15) is 4.39 Å². The summed E-state index contributed by atoms with van der Waals surface area (Å²) in [6, 6.07) is 15.7. The Labute approximate surface area is 99.9 Å². The zero-order valence-corrected chi connectivity index (χ0v) is 9.19. The molecule has 0 spiro atoms. The highest BCUT2D eigenvalue weighted by atomic mass is 19.1. The van der Waals surface area contributed by atoms with E-state index in [0.717, 1.165) is 5.56 Å². The molecule has 0 saturated carbocycles. The van der Waals surface area contributed by atoms with Crippen LogP contribution in [0.4, 0.5) is 4.39 Å². The normalized spacial score (nSPS) is 9.24. The molecular formula is C15H11FO. The van der Waals surface area contributed by atoms with Crippen molar-refractivity contribution in [1.82, 2.24) is 0 Å². The van der Waals surface area contributed by atoms with Gasteiger partial charge in [-0.1, -0.05) is 36.1 Å². The molecule has 2 aromatic carbocycles. The first-order valence-corrected chi connectivity index (χ1v) is 5.27. The molecule has 2 rings (SSSR count). The van der Waals surface area contributed by atoms with Crippen LogP contribution >= 0.6 is 0 Å². The first-order valence-electron chi connectivity index (χ1n) is 5.27. The quantitative estimate of drug-likeness (QED) is 0.714. The predicted octanol–water partition coefficient (Wildman–Crippen LogP) is 3.26. The van der Waals surface area contributed by atoms with Crippen LogP contribution in [0.5, 0.6) is 5.75 Å². The molecule has 2 heteroatoms. The summed E-state index contributed by atoms with van der Waals surface area (Å²) in [4.78, 5) is 0. The van der Waals surface area contributed by atoms with E-state index in [2.05, 4.69) is 11.8 Å². The van der Waals surface area contributed by atoms with Gasteiger partial charge >= 0.3 is 0 Å². The van der Waals surface area contributed by atoms with E-state index in [-0.39, 0.29) is 12.4 Å². The highest BCUT2D eigenvalue weighted by Gasteiger charge is 1.93. The SMILES string of the molecule is Fc1cccc(OCC#Cc2ccccc2)c1. The van der Waals surface area contributed by atoms with Crippen LogP contribution in [0.15, 0.2) is 54.6 Å². The maximum Gasteiger partial charge on any atom is 0.149 e. The summed E-state index contributed by atoms with van der Waals surface area (Å²) in [5.41, 5.74) is 0.940. The molecule has 0 aliphatic rings. The van der Waals surface area contributed by atoms with E-state index in [0.29, 0.717) is 5.75 Å². The molecule has 0 atom stereocenters. The number of hydrogen-bond donors (Lipinski definition) is 0. The lowest BCUT2D eigenvalue weighted by molar-refractivity contribution is 0.368. The van der Waals surface area contributed by atoms with Gasteiger partial charge in [0, 0.05) is 11.6 Å². The van der Waals surface area contributed by atoms with E-state index in [4.69, 9.17) is 4.74 Å². The zero-order chi connectivity index (χ0) is 11.9. The molecule has 0 aliphatic heterocycles. The summed E-state index contributed by atoms with van der Waals surface area (Å²) >= 11 is 0. The minimum Gasteiger partial charge on any atom is -0.481 e.